The Morgan fingerprint density at radius 1 is 1.30 bits per heavy atom. The maximum absolute atomic E-state index is 12.5. The van der Waals surface area contributed by atoms with Crippen molar-refractivity contribution < 1.29 is 16.8 Å². The lowest BCUT2D eigenvalue weighted by atomic mass is 10.1. The van der Waals surface area contributed by atoms with Gasteiger partial charge in [-0.25, -0.2) is 21.6 Å². The zero-order chi connectivity index (χ0) is 17.1. The standard InChI is InChI=1S/C14H17N3O4S2/c1-2-22(18,19)16-10-13-7-8-17(11-13)23(20,21)14-5-3-12(9-15)4-6-14/h2-6,13,16H,1,7-8,10-11H2/t13-/m1/s1. The molecular formula is C14H17N3O4S2. The second-order valence-electron chi connectivity index (χ2n) is 5.21. The van der Waals surface area contributed by atoms with Crippen LogP contribution in [0.3, 0.4) is 0 Å². The molecule has 1 saturated heterocycles. The van der Waals surface area contributed by atoms with Gasteiger partial charge in [0.15, 0.2) is 0 Å². The minimum atomic E-state index is -3.63. The number of rotatable bonds is 6. The summed E-state index contributed by atoms with van der Waals surface area (Å²) in [4.78, 5) is 0.129. The number of benzene rings is 1. The van der Waals surface area contributed by atoms with Crippen molar-refractivity contribution in [1.29, 1.82) is 5.26 Å². The first-order chi connectivity index (χ1) is 10.8. The fourth-order valence-electron chi connectivity index (χ4n) is 2.33. The fraction of sp³-hybridized carbons (Fsp3) is 0.357. The van der Waals surface area contributed by atoms with Gasteiger partial charge in [0.05, 0.1) is 16.5 Å². The Hall–Kier alpha value is -1.73. The highest BCUT2D eigenvalue weighted by molar-refractivity contribution is 7.92. The third kappa shape index (κ3) is 4.17. The summed E-state index contributed by atoms with van der Waals surface area (Å²) in [6.45, 7) is 3.97. The molecule has 1 heterocycles. The molecule has 7 nitrogen and oxygen atoms in total. The number of nitriles is 1. The van der Waals surface area contributed by atoms with Gasteiger partial charge < -0.3 is 0 Å². The third-order valence-electron chi connectivity index (χ3n) is 3.66. The molecular weight excluding hydrogens is 338 g/mol. The van der Waals surface area contributed by atoms with Crippen LogP contribution in [0.1, 0.15) is 12.0 Å². The van der Waals surface area contributed by atoms with E-state index in [2.05, 4.69) is 11.3 Å². The average Bonchev–Trinajstić information content (AvgIpc) is 3.03. The Morgan fingerprint density at radius 2 is 1.96 bits per heavy atom. The summed E-state index contributed by atoms with van der Waals surface area (Å²) in [5, 5.41) is 9.58. The second kappa shape index (κ2) is 6.80. The first-order valence-electron chi connectivity index (χ1n) is 6.91. The third-order valence-corrected chi connectivity index (χ3v) is 6.55. The lowest BCUT2D eigenvalue weighted by Crippen LogP contribution is -2.32. The molecule has 2 rings (SSSR count). The van der Waals surface area contributed by atoms with E-state index in [1.807, 2.05) is 6.07 Å². The molecule has 1 N–H and O–H groups in total. The van der Waals surface area contributed by atoms with Gasteiger partial charge in [-0.05, 0) is 36.6 Å². The Kier molecular flexibility index (Phi) is 5.21. The van der Waals surface area contributed by atoms with E-state index in [-0.39, 0.29) is 23.9 Å². The Morgan fingerprint density at radius 3 is 2.52 bits per heavy atom. The molecule has 0 bridgehead atoms. The van der Waals surface area contributed by atoms with Crippen LogP contribution in [-0.4, -0.2) is 40.8 Å². The van der Waals surface area contributed by atoms with Crippen LogP contribution in [0.15, 0.2) is 41.1 Å². The summed E-state index contributed by atoms with van der Waals surface area (Å²) < 4.78 is 51.4. The predicted molar refractivity (Wildman–Crippen MR) is 85.1 cm³/mol. The lowest BCUT2D eigenvalue weighted by Gasteiger charge is -2.16. The van der Waals surface area contributed by atoms with E-state index in [1.165, 1.54) is 28.6 Å². The van der Waals surface area contributed by atoms with Crippen molar-refractivity contribution in [3.8, 4) is 6.07 Å². The van der Waals surface area contributed by atoms with Gasteiger partial charge in [-0.2, -0.15) is 9.57 Å². The molecule has 1 fully saturated rings. The SMILES string of the molecule is C=CS(=O)(=O)NC[C@H]1CCN(S(=O)(=O)c2ccc(C#N)cc2)C1. The first-order valence-corrected chi connectivity index (χ1v) is 9.89. The summed E-state index contributed by atoms with van der Waals surface area (Å²) in [5.41, 5.74) is 0.391. The average molecular weight is 355 g/mol. The van der Waals surface area contributed by atoms with Crippen molar-refractivity contribution in [2.24, 2.45) is 5.92 Å². The molecule has 1 aromatic carbocycles. The maximum atomic E-state index is 12.5. The van der Waals surface area contributed by atoms with E-state index in [0.29, 0.717) is 18.5 Å². The molecule has 0 aromatic heterocycles. The van der Waals surface area contributed by atoms with Crippen molar-refractivity contribution in [3.05, 3.63) is 41.8 Å². The smallest absolute Gasteiger partial charge is 0.211 e. The normalized spacial score (nSPS) is 19.3. The monoisotopic (exact) mass is 355 g/mol. The number of sulfonamides is 2. The van der Waals surface area contributed by atoms with E-state index < -0.39 is 20.0 Å². The molecule has 0 amide bonds. The summed E-state index contributed by atoms with van der Waals surface area (Å²) in [7, 11) is -7.13. The van der Waals surface area contributed by atoms with E-state index in [0.717, 1.165) is 5.41 Å². The molecule has 0 saturated carbocycles. The van der Waals surface area contributed by atoms with Crippen LogP contribution in [0.25, 0.3) is 0 Å². The number of hydrogen-bond donors (Lipinski definition) is 1. The van der Waals surface area contributed by atoms with Gasteiger partial charge in [-0.1, -0.05) is 6.58 Å². The summed E-state index contributed by atoms with van der Waals surface area (Å²) in [5.74, 6) is -0.0853. The summed E-state index contributed by atoms with van der Waals surface area (Å²) in [6, 6.07) is 7.66. The molecule has 0 radical (unpaired) electrons. The van der Waals surface area contributed by atoms with E-state index in [9.17, 15) is 16.8 Å². The van der Waals surface area contributed by atoms with Gasteiger partial charge in [-0.15, -0.1) is 0 Å². The van der Waals surface area contributed by atoms with Crippen LogP contribution >= 0.6 is 0 Å². The molecule has 23 heavy (non-hydrogen) atoms. The van der Waals surface area contributed by atoms with E-state index in [4.69, 9.17) is 5.26 Å². The van der Waals surface area contributed by atoms with Gasteiger partial charge in [0.25, 0.3) is 0 Å². The van der Waals surface area contributed by atoms with Gasteiger partial charge in [0.2, 0.25) is 20.0 Å². The molecule has 124 valence electrons. The Balaban J connectivity index is 2.05. The van der Waals surface area contributed by atoms with Gasteiger partial charge in [0.1, 0.15) is 0 Å². The van der Waals surface area contributed by atoms with Crippen LogP contribution in [0.5, 0.6) is 0 Å². The highest BCUT2D eigenvalue weighted by Crippen LogP contribution is 2.24. The van der Waals surface area contributed by atoms with Gasteiger partial charge >= 0.3 is 0 Å². The number of hydrogen-bond acceptors (Lipinski definition) is 5. The largest absolute Gasteiger partial charge is 0.243 e. The molecule has 1 atom stereocenters. The topological polar surface area (TPSA) is 107 Å². The molecule has 1 aromatic rings. The van der Waals surface area contributed by atoms with Crippen molar-refractivity contribution in [2.75, 3.05) is 19.6 Å². The molecule has 0 aliphatic carbocycles. The van der Waals surface area contributed by atoms with Crippen LogP contribution in [-0.2, 0) is 20.0 Å². The minimum Gasteiger partial charge on any atom is -0.211 e. The molecule has 1 aliphatic rings. The van der Waals surface area contributed by atoms with Crippen LogP contribution in [0, 0.1) is 17.2 Å². The Bertz CT molecular complexity index is 824. The predicted octanol–water partition coefficient (Wildman–Crippen LogP) is 0.632. The molecule has 1 aliphatic heterocycles. The highest BCUT2D eigenvalue weighted by Gasteiger charge is 2.32. The highest BCUT2D eigenvalue weighted by atomic mass is 32.2. The van der Waals surface area contributed by atoms with Crippen LogP contribution in [0.4, 0.5) is 0 Å². The van der Waals surface area contributed by atoms with Gasteiger partial charge in [-0.3, -0.25) is 0 Å². The second-order valence-corrected chi connectivity index (χ2v) is 8.86. The number of nitrogens with zero attached hydrogens (tertiary/aromatic N) is 2. The quantitative estimate of drug-likeness (QED) is 0.805. The van der Waals surface area contributed by atoms with Gasteiger partial charge in [0, 0.05) is 25.0 Å². The van der Waals surface area contributed by atoms with Crippen LogP contribution in [0.2, 0.25) is 0 Å². The fourth-order valence-corrected chi connectivity index (χ4v) is 4.44. The summed E-state index contributed by atoms with van der Waals surface area (Å²) >= 11 is 0. The van der Waals surface area contributed by atoms with Crippen molar-refractivity contribution in [3.63, 3.8) is 0 Å². The molecule has 0 unspecified atom stereocenters. The molecule has 0 spiro atoms. The minimum absolute atomic E-state index is 0.0853. The van der Waals surface area contributed by atoms with Crippen LogP contribution < -0.4 is 4.72 Å². The zero-order valence-corrected chi connectivity index (χ0v) is 14.0. The lowest BCUT2D eigenvalue weighted by molar-refractivity contribution is 0.455. The first kappa shape index (κ1) is 17.6. The van der Waals surface area contributed by atoms with Crippen molar-refractivity contribution in [2.45, 2.75) is 11.3 Å². The number of nitrogens with one attached hydrogen (secondary N) is 1. The zero-order valence-electron chi connectivity index (χ0n) is 12.3. The van der Waals surface area contributed by atoms with Crippen molar-refractivity contribution in [1.82, 2.24) is 9.03 Å². The van der Waals surface area contributed by atoms with Crippen molar-refractivity contribution >= 4 is 20.0 Å². The Labute approximate surface area is 136 Å². The summed E-state index contributed by atoms with van der Waals surface area (Å²) in [6.07, 6.45) is 0.579. The van der Waals surface area contributed by atoms with E-state index >= 15 is 0 Å². The van der Waals surface area contributed by atoms with E-state index in [1.54, 1.807) is 0 Å². The molecule has 9 heteroatoms. The maximum Gasteiger partial charge on any atom is 0.243 e.